The fourth-order valence-electron chi connectivity index (χ4n) is 7.68. The minimum Gasteiger partial charge on any atom is -0.358 e. The summed E-state index contributed by atoms with van der Waals surface area (Å²) in [5.74, 6) is 3.20. The molecule has 0 amide bonds. The van der Waals surface area contributed by atoms with Gasteiger partial charge in [-0.05, 0) is 147 Å². The molecule has 3 aromatic rings. The van der Waals surface area contributed by atoms with Crippen LogP contribution in [0.3, 0.4) is 0 Å². The van der Waals surface area contributed by atoms with Crippen LogP contribution in [-0.4, -0.2) is 29.9 Å². The van der Waals surface area contributed by atoms with E-state index < -0.39 is 0 Å². The van der Waals surface area contributed by atoms with E-state index in [0.29, 0.717) is 0 Å². The molecule has 0 spiro atoms. The van der Waals surface area contributed by atoms with Crippen LogP contribution in [0.1, 0.15) is 123 Å². The second-order valence-corrected chi connectivity index (χ2v) is 12.1. The van der Waals surface area contributed by atoms with Crippen molar-refractivity contribution in [1.29, 1.82) is 0 Å². The first-order chi connectivity index (χ1) is 19.8. The molecule has 0 atom stereocenters. The largest absolute Gasteiger partial charge is 2.00 e. The van der Waals surface area contributed by atoms with E-state index in [9.17, 15) is 0 Å². The van der Waals surface area contributed by atoms with Crippen molar-refractivity contribution in [1.82, 2.24) is 39.9 Å². The second kappa shape index (κ2) is 9.99. The summed E-state index contributed by atoms with van der Waals surface area (Å²) in [5, 5.41) is 0. The summed E-state index contributed by atoms with van der Waals surface area (Å²) in [7, 11) is 0. The Morgan fingerprint density at radius 2 is 0.561 bits per heavy atom. The summed E-state index contributed by atoms with van der Waals surface area (Å²) in [6.07, 6.45) is 17.3. The fourth-order valence-corrected chi connectivity index (χ4v) is 7.68. The van der Waals surface area contributed by atoms with Crippen LogP contribution in [0.25, 0.3) is 44.9 Å². The van der Waals surface area contributed by atoms with Crippen LogP contribution in [0.5, 0.6) is 0 Å². The SMILES string of the molecule is C1CCC2=C(C1)c1nc2nc2[n-]c(nc3nc(nc4[n-]c(n1)c1c4CCCC1)C1=C3CCCC1)c1c2CCCC1.[Cu+2]. The Balaban J connectivity index is 0.00000256. The van der Waals surface area contributed by atoms with E-state index in [1.54, 1.807) is 0 Å². The third-order valence-electron chi connectivity index (χ3n) is 9.73. The molecule has 0 aromatic carbocycles. The van der Waals surface area contributed by atoms with Gasteiger partial charge in [0.25, 0.3) is 0 Å². The maximum Gasteiger partial charge on any atom is 2.00 e. The van der Waals surface area contributed by atoms with Gasteiger partial charge in [0.2, 0.25) is 0 Å². The fraction of sp³-hybridized carbons (Fsp3) is 0.500. The van der Waals surface area contributed by atoms with E-state index in [-0.39, 0.29) is 17.1 Å². The number of hydrogen-bond donors (Lipinski definition) is 0. The van der Waals surface area contributed by atoms with Crippen LogP contribution >= 0.6 is 0 Å². The summed E-state index contributed by atoms with van der Waals surface area (Å²) in [5.41, 5.74) is 13.2. The monoisotopic (exact) mass is 591 g/mol. The third-order valence-corrected chi connectivity index (χ3v) is 9.73. The van der Waals surface area contributed by atoms with Gasteiger partial charge in [-0.2, -0.15) is 0 Å². The van der Waals surface area contributed by atoms with Gasteiger partial charge >= 0.3 is 17.1 Å². The predicted molar refractivity (Wildman–Crippen MR) is 154 cm³/mol. The van der Waals surface area contributed by atoms with E-state index in [0.717, 1.165) is 149 Å². The maximum atomic E-state index is 5.17. The molecule has 4 aliphatic carbocycles. The molecule has 0 fully saturated rings. The predicted octanol–water partition coefficient (Wildman–Crippen LogP) is 5.88. The number of allylic oxidation sites excluding steroid dienone is 4. The van der Waals surface area contributed by atoms with Crippen molar-refractivity contribution in [3.05, 3.63) is 45.6 Å². The molecule has 8 bridgehead atoms. The zero-order valence-electron chi connectivity index (χ0n) is 23.2. The van der Waals surface area contributed by atoms with E-state index in [2.05, 4.69) is 0 Å². The zero-order chi connectivity index (χ0) is 26.2. The van der Waals surface area contributed by atoms with E-state index >= 15 is 0 Å². The van der Waals surface area contributed by atoms with Crippen LogP contribution in [-0.2, 0) is 42.8 Å². The number of nitrogens with zero attached hydrogens (tertiary/aromatic N) is 8. The summed E-state index contributed by atoms with van der Waals surface area (Å²) < 4.78 is 0. The minimum absolute atomic E-state index is 0. The van der Waals surface area contributed by atoms with Crippen molar-refractivity contribution in [2.45, 2.75) is 103 Å². The quantitative estimate of drug-likeness (QED) is 0.299. The van der Waals surface area contributed by atoms with Gasteiger partial charge in [0.1, 0.15) is 0 Å². The number of fused-ring (bicyclic) bond motifs is 18. The Kier molecular flexibility index (Phi) is 6.22. The van der Waals surface area contributed by atoms with Crippen molar-refractivity contribution >= 4 is 44.9 Å². The molecule has 8 nitrogen and oxygen atoms in total. The van der Waals surface area contributed by atoms with Gasteiger partial charge in [-0.3, -0.25) is 0 Å². The Morgan fingerprint density at radius 1 is 0.317 bits per heavy atom. The summed E-state index contributed by atoms with van der Waals surface area (Å²) in [6.45, 7) is 0. The van der Waals surface area contributed by atoms with Crippen molar-refractivity contribution in [3.8, 4) is 0 Å². The Labute approximate surface area is 249 Å². The molecule has 0 unspecified atom stereocenters. The van der Waals surface area contributed by atoms with E-state index in [4.69, 9.17) is 39.9 Å². The molecule has 0 saturated carbocycles. The molecule has 9 heteroatoms. The average molecular weight is 592 g/mol. The molecule has 5 heterocycles. The first-order valence-corrected chi connectivity index (χ1v) is 15.4. The Bertz CT molecular complexity index is 1570. The molecular formula is C32H32CuN8. The van der Waals surface area contributed by atoms with Gasteiger partial charge in [-0.15, -0.1) is 0 Å². The van der Waals surface area contributed by atoms with Gasteiger partial charge in [-0.1, -0.05) is 0 Å². The molecule has 0 saturated heterocycles. The van der Waals surface area contributed by atoms with Gasteiger partial charge in [0.15, 0.2) is 0 Å². The molecule has 0 N–H and O–H groups in total. The normalized spacial score (nSPS) is 19.7. The third kappa shape index (κ3) is 4.07. The number of hydrogen-bond acceptors (Lipinski definition) is 6. The zero-order valence-corrected chi connectivity index (χ0v) is 24.1. The molecule has 3 aromatic heterocycles. The summed E-state index contributed by atoms with van der Waals surface area (Å²) in [4.78, 5) is 41.0. The first kappa shape index (κ1) is 25.5. The number of aromatic nitrogens is 8. The minimum atomic E-state index is 0. The number of aryl methyl sites for hydroxylation is 4. The maximum absolute atomic E-state index is 5.17. The molecule has 9 rings (SSSR count). The Hall–Kier alpha value is -3.16. The van der Waals surface area contributed by atoms with Crippen LogP contribution in [0, 0.1) is 0 Å². The topological polar surface area (TPSA) is 106 Å². The van der Waals surface area contributed by atoms with Crippen LogP contribution < -0.4 is 9.97 Å². The molecule has 6 aliphatic rings. The number of rotatable bonds is 0. The van der Waals surface area contributed by atoms with E-state index in [1.165, 1.54) is 44.5 Å². The second-order valence-electron chi connectivity index (χ2n) is 12.1. The Morgan fingerprint density at radius 3 is 0.829 bits per heavy atom. The van der Waals surface area contributed by atoms with Crippen LogP contribution in [0.4, 0.5) is 0 Å². The smallest absolute Gasteiger partial charge is 0.358 e. The molecule has 41 heavy (non-hydrogen) atoms. The van der Waals surface area contributed by atoms with Crippen molar-refractivity contribution in [2.24, 2.45) is 0 Å². The average Bonchev–Trinajstić information content (AvgIpc) is 3.73. The van der Waals surface area contributed by atoms with Crippen molar-refractivity contribution < 1.29 is 17.1 Å². The van der Waals surface area contributed by atoms with Gasteiger partial charge in [0.05, 0.1) is 23.3 Å². The van der Waals surface area contributed by atoms with E-state index in [1.807, 2.05) is 0 Å². The summed E-state index contributed by atoms with van der Waals surface area (Å²) in [6, 6.07) is 0. The summed E-state index contributed by atoms with van der Waals surface area (Å²) >= 11 is 0. The van der Waals surface area contributed by atoms with Crippen molar-refractivity contribution in [2.75, 3.05) is 0 Å². The molecule has 1 radical (unpaired) electrons. The molecule has 2 aliphatic heterocycles. The van der Waals surface area contributed by atoms with Gasteiger partial charge in [-0.25, -0.2) is 9.97 Å². The molecular weight excluding hydrogens is 560 g/mol. The standard InChI is InChI=1S/C32H32N8.Cu/c1-2-10-18-17(9-1)25-33-26(18)38-28-21-13-5-6-14-22(21)30(35-28)40-32-24-16-8-7-15-23(24)31(36-32)39-29-20-12-4-3-11-19(20)27(34-29)37-25;/h1-16H2;/q-2;+2. The van der Waals surface area contributed by atoms with Gasteiger partial charge in [0, 0.05) is 22.6 Å². The van der Waals surface area contributed by atoms with Gasteiger partial charge < -0.3 is 29.9 Å². The van der Waals surface area contributed by atoms with Crippen LogP contribution in [0.2, 0.25) is 0 Å². The molecule has 211 valence electrons. The van der Waals surface area contributed by atoms with Crippen molar-refractivity contribution in [3.63, 3.8) is 0 Å². The first-order valence-electron chi connectivity index (χ1n) is 15.4. The van der Waals surface area contributed by atoms with Crippen LogP contribution in [0.15, 0.2) is 0 Å².